The standard InChI is InChI=1S/C51H39N3/c1-52-50(38-20-9-4-10-21-38)54-51(53-34-35-15-13-22-39(31-35)36-16-5-2-6-17-36)47-26-14-23-42-32-40-27-28-41(33-48(40)49(42)47)44-30-29-43(37-18-7-3-8-19-37)45-24-11-12-25-46(44)45/h2-31,33,51,53H,1,32,34H2/b54-50-. The van der Waals surface area contributed by atoms with Crippen LogP contribution < -0.4 is 5.32 Å². The van der Waals surface area contributed by atoms with Crippen molar-refractivity contribution in [3.05, 3.63) is 216 Å². The fraction of sp³-hybridized carbons (Fsp3) is 0.0588. The zero-order valence-corrected chi connectivity index (χ0v) is 30.0. The number of hydrogen-bond donors (Lipinski definition) is 1. The summed E-state index contributed by atoms with van der Waals surface area (Å²) >= 11 is 0. The fourth-order valence-corrected chi connectivity index (χ4v) is 7.93. The van der Waals surface area contributed by atoms with Crippen molar-refractivity contribution in [3.8, 4) is 44.5 Å². The molecule has 0 aromatic heterocycles. The Balaban J connectivity index is 1.13. The van der Waals surface area contributed by atoms with Gasteiger partial charge in [-0.15, -0.1) is 0 Å². The Kier molecular flexibility index (Phi) is 9.06. The molecule has 3 nitrogen and oxygen atoms in total. The smallest absolute Gasteiger partial charge is 0.155 e. The first-order valence-electron chi connectivity index (χ1n) is 18.5. The number of hydrogen-bond acceptors (Lipinski definition) is 2. The molecule has 0 spiro atoms. The lowest BCUT2D eigenvalue weighted by Gasteiger charge is -2.21. The van der Waals surface area contributed by atoms with Crippen molar-refractivity contribution in [2.24, 2.45) is 9.98 Å². The van der Waals surface area contributed by atoms with Crippen LogP contribution in [-0.2, 0) is 13.0 Å². The first kappa shape index (κ1) is 33.2. The summed E-state index contributed by atoms with van der Waals surface area (Å²) in [6.07, 6.45) is 0.509. The zero-order valence-electron chi connectivity index (χ0n) is 30.0. The number of benzene rings is 8. The molecular weight excluding hydrogens is 655 g/mol. The van der Waals surface area contributed by atoms with E-state index >= 15 is 0 Å². The maximum absolute atomic E-state index is 5.32. The van der Waals surface area contributed by atoms with Crippen LogP contribution >= 0.6 is 0 Å². The maximum atomic E-state index is 5.32. The van der Waals surface area contributed by atoms with E-state index in [0.29, 0.717) is 12.4 Å². The van der Waals surface area contributed by atoms with Crippen LogP contribution in [0.1, 0.15) is 34.0 Å². The second-order valence-electron chi connectivity index (χ2n) is 13.8. The number of nitrogens with one attached hydrogen (secondary N) is 1. The van der Waals surface area contributed by atoms with Crippen LogP contribution in [-0.4, -0.2) is 12.6 Å². The first-order valence-corrected chi connectivity index (χ1v) is 18.5. The molecule has 0 bridgehead atoms. The van der Waals surface area contributed by atoms with E-state index < -0.39 is 0 Å². The van der Waals surface area contributed by atoms with E-state index in [9.17, 15) is 0 Å². The highest BCUT2D eigenvalue weighted by molar-refractivity contribution is 6.05. The fourth-order valence-electron chi connectivity index (χ4n) is 7.93. The van der Waals surface area contributed by atoms with Crippen LogP contribution in [0.2, 0.25) is 0 Å². The Morgan fingerprint density at radius 3 is 1.87 bits per heavy atom. The molecule has 8 aromatic carbocycles. The molecule has 1 aliphatic rings. The number of rotatable bonds is 9. The van der Waals surface area contributed by atoms with Gasteiger partial charge in [-0.25, -0.2) is 9.98 Å². The number of nitrogens with zero attached hydrogens (tertiary/aromatic N) is 2. The molecule has 1 unspecified atom stereocenters. The van der Waals surface area contributed by atoms with Gasteiger partial charge < -0.3 is 0 Å². The van der Waals surface area contributed by atoms with Crippen LogP contribution in [0.15, 0.2) is 198 Å². The third-order valence-electron chi connectivity index (χ3n) is 10.5. The maximum Gasteiger partial charge on any atom is 0.155 e. The molecule has 0 amide bonds. The lowest BCUT2D eigenvalue weighted by molar-refractivity contribution is 0.555. The molecule has 1 atom stereocenters. The summed E-state index contributed by atoms with van der Waals surface area (Å²) in [4.78, 5) is 9.76. The molecular formula is C51H39N3. The van der Waals surface area contributed by atoms with E-state index in [0.717, 1.165) is 17.5 Å². The lowest BCUT2D eigenvalue weighted by atomic mass is 9.90. The number of amidine groups is 1. The van der Waals surface area contributed by atoms with E-state index in [1.807, 2.05) is 30.3 Å². The van der Waals surface area contributed by atoms with Gasteiger partial charge in [-0.05, 0) is 103 Å². The molecule has 3 heteroatoms. The molecule has 0 heterocycles. The molecule has 0 saturated heterocycles. The molecule has 8 aromatic rings. The number of aliphatic imine (C=N–C) groups is 2. The van der Waals surface area contributed by atoms with E-state index in [1.165, 1.54) is 72.0 Å². The Bertz CT molecular complexity index is 2640. The van der Waals surface area contributed by atoms with E-state index in [-0.39, 0.29) is 6.17 Å². The monoisotopic (exact) mass is 693 g/mol. The van der Waals surface area contributed by atoms with Crippen molar-refractivity contribution in [1.29, 1.82) is 0 Å². The van der Waals surface area contributed by atoms with Gasteiger partial charge in [-0.1, -0.05) is 176 Å². The quantitative estimate of drug-likeness (QED) is 0.119. The molecule has 0 fully saturated rings. The van der Waals surface area contributed by atoms with Crippen LogP contribution in [0.4, 0.5) is 0 Å². The Hall–Kier alpha value is -6.68. The second-order valence-corrected chi connectivity index (χ2v) is 13.8. The summed E-state index contributed by atoms with van der Waals surface area (Å²) in [6, 6.07) is 67.0. The minimum absolute atomic E-state index is 0.373. The summed E-state index contributed by atoms with van der Waals surface area (Å²) in [5, 5.41) is 6.34. The topological polar surface area (TPSA) is 36.8 Å². The highest BCUT2D eigenvalue weighted by atomic mass is 15.1. The van der Waals surface area contributed by atoms with Crippen LogP contribution in [0.3, 0.4) is 0 Å². The van der Waals surface area contributed by atoms with Crippen molar-refractivity contribution in [1.82, 2.24) is 5.32 Å². The minimum Gasteiger partial charge on any atom is -0.288 e. The highest BCUT2D eigenvalue weighted by Gasteiger charge is 2.26. The van der Waals surface area contributed by atoms with Crippen LogP contribution in [0.5, 0.6) is 0 Å². The van der Waals surface area contributed by atoms with Crippen molar-refractivity contribution >= 4 is 23.3 Å². The summed E-state index contributed by atoms with van der Waals surface area (Å²) in [5.74, 6) is 0.612. The largest absolute Gasteiger partial charge is 0.288 e. The molecule has 9 rings (SSSR count). The van der Waals surface area contributed by atoms with Gasteiger partial charge in [0.2, 0.25) is 0 Å². The summed E-state index contributed by atoms with van der Waals surface area (Å²) in [5.41, 5.74) is 15.7. The molecule has 54 heavy (non-hydrogen) atoms. The SMILES string of the molecule is C=N/C(=N\C(NCc1cccc(-c2ccccc2)c1)c1cccc2c1-c1cc(-c3ccc(-c4ccccc4)c4ccccc34)ccc1C2)c1ccccc1. The summed E-state index contributed by atoms with van der Waals surface area (Å²) in [7, 11) is 0. The van der Waals surface area contributed by atoms with Gasteiger partial charge in [0.25, 0.3) is 0 Å². The molecule has 0 saturated carbocycles. The molecule has 1 aliphatic carbocycles. The second kappa shape index (κ2) is 14.7. The van der Waals surface area contributed by atoms with Gasteiger partial charge in [0.15, 0.2) is 5.84 Å². The molecule has 1 N–H and O–H groups in total. The summed E-state index contributed by atoms with van der Waals surface area (Å²) in [6.45, 7) is 4.57. The normalized spacial score (nSPS) is 12.6. The third-order valence-corrected chi connectivity index (χ3v) is 10.5. The Morgan fingerprint density at radius 2 is 1.15 bits per heavy atom. The Morgan fingerprint density at radius 1 is 0.519 bits per heavy atom. The lowest BCUT2D eigenvalue weighted by Crippen LogP contribution is -2.21. The van der Waals surface area contributed by atoms with Crippen molar-refractivity contribution < 1.29 is 0 Å². The van der Waals surface area contributed by atoms with Gasteiger partial charge in [0.1, 0.15) is 6.17 Å². The highest BCUT2D eigenvalue weighted by Crippen LogP contribution is 2.44. The van der Waals surface area contributed by atoms with E-state index in [2.05, 4.69) is 175 Å². The number of fused-ring (bicyclic) bond motifs is 4. The average Bonchev–Trinajstić information content (AvgIpc) is 3.63. The predicted octanol–water partition coefficient (Wildman–Crippen LogP) is 12.3. The van der Waals surface area contributed by atoms with Gasteiger partial charge >= 0.3 is 0 Å². The van der Waals surface area contributed by atoms with E-state index in [1.54, 1.807) is 0 Å². The summed E-state index contributed by atoms with van der Waals surface area (Å²) < 4.78 is 0. The van der Waals surface area contributed by atoms with Crippen LogP contribution in [0.25, 0.3) is 55.3 Å². The Labute approximate surface area is 317 Å². The van der Waals surface area contributed by atoms with Gasteiger partial charge in [0.05, 0.1) is 0 Å². The van der Waals surface area contributed by atoms with Crippen molar-refractivity contribution in [3.63, 3.8) is 0 Å². The van der Waals surface area contributed by atoms with Gasteiger partial charge in [-0.2, -0.15) is 0 Å². The first-order chi connectivity index (χ1) is 26.7. The molecule has 0 radical (unpaired) electrons. The average molecular weight is 694 g/mol. The van der Waals surface area contributed by atoms with Gasteiger partial charge in [0, 0.05) is 12.1 Å². The van der Waals surface area contributed by atoms with Crippen LogP contribution in [0, 0.1) is 0 Å². The molecule has 258 valence electrons. The van der Waals surface area contributed by atoms with E-state index in [4.69, 9.17) is 4.99 Å². The van der Waals surface area contributed by atoms with Gasteiger partial charge in [-0.3, -0.25) is 5.32 Å². The van der Waals surface area contributed by atoms with Crippen molar-refractivity contribution in [2.75, 3.05) is 0 Å². The third kappa shape index (κ3) is 6.47. The zero-order chi connectivity index (χ0) is 36.3. The minimum atomic E-state index is -0.373. The van der Waals surface area contributed by atoms with Crippen molar-refractivity contribution in [2.45, 2.75) is 19.1 Å². The predicted molar refractivity (Wildman–Crippen MR) is 227 cm³/mol. The molecule has 0 aliphatic heterocycles.